The molecule has 3 N–H and O–H groups in total. The van der Waals surface area contributed by atoms with Crippen LogP contribution in [0.3, 0.4) is 0 Å². The number of aromatic amines is 1. The molecule has 2 aromatic heterocycles. The number of pyridine rings is 2. The van der Waals surface area contributed by atoms with Crippen LogP contribution in [0, 0.1) is 0 Å². The molecule has 27 heavy (non-hydrogen) atoms. The maximum Gasteiger partial charge on any atom is 0.272 e. The van der Waals surface area contributed by atoms with Gasteiger partial charge in [-0.3, -0.25) is 10.3 Å². The summed E-state index contributed by atoms with van der Waals surface area (Å²) < 4.78 is 0. The first-order valence-electron chi connectivity index (χ1n) is 8.70. The van der Waals surface area contributed by atoms with Crippen LogP contribution in [0.4, 0.5) is 5.82 Å². The Balaban J connectivity index is 1.83. The van der Waals surface area contributed by atoms with Crippen LogP contribution in [-0.2, 0) is 0 Å². The predicted octanol–water partition coefficient (Wildman–Crippen LogP) is 4.68. The summed E-state index contributed by atoms with van der Waals surface area (Å²) in [5.74, 6) is 1.08. The molecule has 134 valence electrons. The Bertz CT molecular complexity index is 1050. The summed E-state index contributed by atoms with van der Waals surface area (Å²) in [6.45, 7) is 0. The van der Waals surface area contributed by atoms with Gasteiger partial charge >= 0.3 is 0 Å². The van der Waals surface area contributed by atoms with Crippen LogP contribution in [0.15, 0.2) is 84.0 Å². The number of thioether (sulfide) groups is 1. The number of phenolic OH excluding ortho intramolecular Hbond substituents is 1. The number of phenols is 1. The number of hydrogen-bond donors (Lipinski definition) is 2. The molecule has 0 spiro atoms. The molecule has 5 heteroatoms. The van der Waals surface area contributed by atoms with Gasteiger partial charge in [0.2, 0.25) is 0 Å². The van der Waals surface area contributed by atoms with Gasteiger partial charge in [-0.1, -0.05) is 30.3 Å². The van der Waals surface area contributed by atoms with E-state index in [9.17, 15) is 5.11 Å². The van der Waals surface area contributed by atoms with E-state index >= 15 is 0 Å². The van der Waals surface area contributed by atoms with E-state index in [2.05, 4.69) is 45.8 Å². The molecule has 0 unspecified atom stereocenters. The number of rotatable bonds is 5. The van der Waals surface area contributed by atoms with E-state index < -0.39 is 0 Å². The number of aromatic nitrogens is 2. The SMILES string of the molecule is CSc1ccc([C@H](Nc2cccc[nH+]2)c2ccc3cccnc3c2O)cc1. The van der Waals surface area contributed by atoms with Gasteiger partial charge in [0.05, 0.1) is 6.20 Å². The van der Waals surface area contributed by atoms with E-state index in [1.165, 1.54) is 4.90 Å². The Morgan fingerprint density at radius 2 is 1.85 bits per heavy atom. The molecule has 4 aromatic rings. The standard InChI is InChI=1S/C22H19N3OS/c1-27-17-10-7-16(8-11-17)20(25-19-6-2-3-13-23-19)18-12-9-15-5-4-14-24-21(15)22(18)26/h2-14,20,26H,1H3,(H,23,25)/p+1/t20-/m0/s1. The highest BCUT2D eigenvalue weighted by atomic mass is 32.2. The summed E-state index contributed by atoms with van der Waals surface area (Å²) in [4.78, 5) is 8.77. The minimum atomic E-state index is -0.217. The zero-order valence-corrected chi connectivity index (χ0v) is 15.7. The average Bonchev–Trinajstić information content (AvgIpc) is 2.74. The van der Waals surface area contributed by atoms with Crippen molar-refractivity contribution in [1.29, 1.82) is 0 Å². The van der Waals surface area contributed by atoms with Gasteiger partial charge in [0.1, 0.15) is 17.3 Å². The molecule has 0 radical (unpaired) electrons. The fourth-order valence-electron chi connectivity index (χ4n) is 3.15. The van der Waals surface area contributed by atoms with E-state index in [1.54, 1.807) is 18.0 Å². The maximum absolute atomic E-state index is 10.9. The van der Waals surface area contributed by atoms with Crippen LogP contribution >= 0.6 is 11.8 Å². The predicted molar refractivity (Wildman–Crippen MR) is 110 cm³/mol. The number of nitrogens with one attached hydrogen (secondary N) is 2. The van der Waals surface area contributed by atoms with E-state index in [4.69, 9.17) is 0 Å². The smallest absolute Gasteiger partial charge is 0.272 e. The Hall–Kier alpha value is -3.05. The fraction of sp³-hybridized carbons (Fsp3) is 0.0909. The minimum absolute atomic E-state index is 0.204. The number of fused-ring (bicyclic) bond motifs is 1. The molecule has 4 nitrogen and oxygen atoms in total. The summed E-state index contributed by atoms with van der Waals surface area (Å²) in [6, 6.07) is 21.8. The molecule has 2 aromatic carbocycles. The fourth-order valence-corrected chi connectivity index (χ4v) is 3.56. The largest absolute Gasteiger partial charge is 0.505 e. The van der Waals surface area contributed by atoms with Crippen LogP contribution in [0.2, 0.25) is 0 Å². The van der Waals surface area contributed by atoms with Gasteiger partial charge < -0.3 is 5.11 Å². The first-order valence-corrected chi connectivity index (χ1v) is 9.92. The van der Waals surface area contributed by atoms with Crippen molar-refractivity contribution in [3.8, 4) is 5.75 Å². The van der Waals surface area contributed by atoms with Crippen molar-refractivity contribution < 1.29 is 10.1 Å². The zero-order valence-electron chi connectivity index (χ0n) is 14.9. The number of nitrogens with zero attached hydrogens (tertiary/aromatic N) is 1. The highest BCUT2D eigenvalue weighted by molar-refractivity contribution is 7.98. The third-order valence-electron chi connectivity index (χ3n) is 4.55. The van der Waals surface area contributed by atoms with Crippen molar-refractivity contribution in [2.75, 3.05) is 11.6 Å². The summed E-state index contributed by atoms with van der Waals surface area (Å²) >= 11 is 1.71. The van der Waals surface area contributed by atoms with Gasteiger partial charge in [-0.15, -0.1) is 11.8 Å². The molecule has 0 bridgehead atoms. The Kier molecular flexibility index (Phi) is 4.94. The third-order valence-corrected chi connectivity index (χ3v) is 5.29. The maximum atomic E-state index is 10.9. The minimum Gasteiger partial charge on any atom is -0.505 e. The normalized spacial score (nSPS) is 12.0. The molecule has 0 aliphatic carbocycles. The Labute approximate surface area is 162 Å². The van der Waals surface area contributed by atoms with E-state index in [0.29, 0.717) is 5.52 Å². The van der Waals surface area contributed by atoms with Crippen LogP contribution in [0.1, 0.15) is 17.2 Å². The summed E-state index contributed by atoms with van der Waals surface area (Å²) in [5.41, 5.74) is 2.46. The number of benzene rings is 2. The Morgan fingerprint density at radius 1 is 1.00 bits per heavy atom. The second-order valence-electron chi connectivity index (χ2n) is 6.21. The first-order chi connectivity index (χ1) is 13.3. The highest BCUT2D eigenvalue weighted by Crippen LogP contribution is 2.36. The second kappa shape index (κ2) is 7.68. The van der Waals surface area contributed by atoms with E-state index in [-0.39, 0.29) is 11.8 Å². The summed E-state index contributed by atoms with van der Waals surface area (Å²) in [7, 11) is 0. The lowest BCUT2D eigenvalue weighted by atomic mass is 9.96. The van der Waals surface area contributed by atoms with Gasteiger partial charge in [-0.2, -0.15) is 0 Å². The van der Waals surface area contributed by atoms with Gasteiger partial charge in [0, 0.05) is 33.7 Å². The lowest BCUT2D eigenvalue weighted by Gasteiger charge is -2.18. The molecular formula is C22H20N3OS+. The van der Waals surface area contributed by atoms with Gasteiger partial charge in [0.15, 0.2) is 0 Å². The quantitative estimate of drug-likeness (QED) is 0.498. The number of hydrogen-bond acceptors (Lipinski definition) is 4. The molecular weight excluding hydrogens is 354 g/mol. The van der Waals surface area contributed by atoms with E-state index in [0.717, 1.165) is 22.3 Å². The first kappa shape index (κ1) is 17.4. The summed E-state index contributed by atoms with van der Waals surface area (Å²) in [5, 5.41) is 15.4. The highest BCUT2D eigenvalue weighted by Gasteiger charge is 2.24. The topological polar surface area (TPSA) is 59.3 Å². The molecule has 1 atom stereocenters. The lowest BCUT2D eigenvalue weighted by Crippen LogP contribution is -2.18. The molecule has 0 aliphatic heterocycles. The van der Waals surface area contributed by atoms with Crippen molar-refractivity contribution in [2.45, 2.75) is 10.9 Å². The molecule has 0 saturated carbocycles. The molecule has 0 fully saturated rings. The number of anilines is 1. The van der Waals surface area contributed by atoms with Crippen LogP contribution in [-0.4, -0.2) is 16.3 Å². The zero-order chi connectivity index (χ0) is 18.6. The molecule has 0 amide bonds. The van der Waals surface area contributed by atoms with Crippen LogP contribution in [0.25, 0.3) is 10.9 Å². The monoisotopic (exact) mass is 374 g/mol. The Morgan fingerprint density at radius 3 is 2.59 bits per heavy atom. The van der Waals surface area contributed by atoms with Gasteiger partial charge in [0.25, 0.3) is 5.82 Å². The molecule has 4 rings (SSSR count). The molecule has 0 aliphatic rings. The van der Waals surface area contributed by atoms with Crippen molar-refractivity contribution in [1.82, 2.24) is 4.98 Å². The van der Waals surface area contributed by atoms with Gasteiger partial charge in [-0.25, -0.2) is 4.98 Å². The third kappa shape index (κ3) is 3.59. The lowest BCUT2D eigenvalue weighted by molar-refractivity contribution is -0.361. The van der Waals surface area contributed by atoms with E-state index in [1.807, 2.05) is 48.7 Å². The van der Waals surface area contributed by atoms with Crippen LogP contribution in [0.5, 0.6) is 5.75 Å². The average molecular weight is 374 g/mol. The molecule has 0 saturated heterocycles. The molecule has 2 heterocycles. The number of H-pyrrole nitrogens is 1. The second-order valence-corrected chi connectivity index (χ2v) is 7.08. The van der Waals surface area contributed by atoms with Crippen molar-refractivity contribution in [2.24, 2.45) is 0 Å². The van der Waals surface area contributed by atoms with Crippen molar-refractivity contribution in [3.63, 3.8) is 0 Å². The van der Waals surface area contributed by atoms with Crippen molar-refractivity contribution >= 4 is 28.5 Å². The summed E-state index contributed by atoms with van der Waals surface area (Å²) in [6.07, 6.45) is 5.63. The van der Waals surface area contributed by atoms with Gasteiger partial charge in [-0.05, 0) is 36.6 Å². The van der Waals surface area contributed by atoms with Crippen LogP contribution < -0.4 is 10.3 Å². The van der Waals surface area contributed by atoms with Crippen molar-refractivity contribution in [3.05, 3.63) is 90.3 Å². The number of aromatic hydroxyl groups is 1.